The second-order valence-electron chi connectivity index (χ2n) is 6.29. The molecule has 2 atom stereocenters. The summed E-state index contributed by atoms with van der Waals surface area (Å²) in [5.41, 5.74) is 6.56. The van der Waals surface area contributed by atoms with Crippen LogP contribution in [0, 0.1) is 5.92 Å². The highest BCUT2D eigenvalue weighted by Crippen LogP contribution is 2.24. The molecule has 124 valence electrons. The normalized spacial score (nSPS) is 24.0. The Morgan fingerprint density at radius 3 is 2.74 bits per heavy atom. The highest BCUT2D eigenvalue weighted by molar-refractivity contribution is 5.78. The summed E-state index contributed by atoms with van der Waals surface area (Å²) >= 11 is 0. The van der Waals surface area contributed by atoms with Crippen LogP contribution in [-0.2, 0) is 11.2 Å². The summed E-state index contributed by atoms with van der Waals surface area (Å²) in [5, 5.41) is 3.42. The highest BCUT2D eigenvalue weighted by atomic mass is 16.1. The third-order valence-electron chi connectivity index (χ3n) is 4.65. The van der Waals surface area contributed by atoms with Crippen molar-refractivity contribution in [3.63, 3.8) is 0 Å². The lowest BCUT2D eigenvalue weighted by molar-refractivity contribution is -0.122. The van der Waals surface area contributed by atoms with Crippen LogP contribution in [-0.4, -0.2) is 35.0 Å². The van der Waals surface area contributed by atoms with E-state index >= 15 is 0 Å². The van der Waals surface area contributed by atoms with Crippen LogP contribution in [0.2, 0.25) is 0 Å². The predicted octanol–water partition coefficient (Wildman–Crippen LogP) is 1.87. The minimum Gasteiger partial charge on any atom is -0.369 e. The first-order valence-electron chi connectivity index (χ1n) is 8.51. The van der Waals surface area contributed by atoms with Gasteiger partial charge in [-0.2, -0.15) is 4.98 Å². The summed E-state index contributed by atoms with van der Waals surface area (Å²) in [6, 6.07) is 1.99. The van der Waals surface area contributed by atoms with Crippen molar-refractivity contribution < 1.29 is 4.79 Å². The molecule has 1 aromatic rings. The molecule has 1 saturated heterocycles. The van der Waals surface area contributed by atoms with E-state index in [1.54, 1.807) is 0 Å². The molecule has 3 rings (SSSR count). The van der Waals surface area contributed by atoms with Crippen LogP contribution in [0.1, 0.15) is 38.3 Å². The van der Waals surface area contributed by atoms with Crippen LogP contribution in [0.5, 0.6) is 0 Å². The van der Waals surface area contributed by atoms with Gasteiger partial charge in [0, 0.05) is 30.9 Å². The maximum Gasteiger partial charge on any atom is 0.227 e. The number of nitrogens with one attached hydrogen (secondary N) is 1. The van der Waals surface area contributed by atoms with E-state index in [-0.39, 0.29) is 17.9 Å². The van der Waals surface area contributed by atoms with Gasteiger partial charge < -0.3 is 16.0 Å². The Kier molecular flexibility index (Phi) is 4.79. The lowest BCUT2D eigenvalue weighted by Gasteiger charge is -2.28. The maximum absolute atomic E-state index is 11.7. The summed E-state index contributed by atoms with van der Waals surface area (Å²) < 4.78 is 0. The Balaban J connectivity index is 1.82. The third-order valence-corrected chi connectivity index (χ3v) is 4.65. The molecule has 3 N–H and O–H groups in total. The number of rotatable bonds is 5. The number of nitrogens with zero attached hydrogens (tertiary/aromatic N) is 3. The van der Waals surface area contributed by atoms with E-state index in [0.29, 0.717) is 6.42 Å². The Morgan fingerprint density at radius 2 is 2.04 bits per heavy atom. The van der Waals surface area contributed by atoms with E-state index in [1.165, 1.54) is 12.8 Å². The number of carbonyl (C=O) groups excluding carboxylic acids is 1. The average molecular weight is 315 g/mol. The summed E-state index contributed by atoms with van der Waals surface area (Å²) in [6.45, 7) is 4.13. The van der Waals surface area contributed by atoms with Crippen LogP contribution < -0.4 is 16.0 Å². The van der Waals surface area contributed by atoms with Crippen molar-refractivity contribution in [3.05, 3.63) is 23.9 Å². The second kappa shape index (κ2) is 6.98. The average Bonchev–Trinajstić information content (AvgIpc) is 3.09. The maximum atomic E-state index is 11.7. The number of aryl methyl sites for hydroxylation is 1. The van der Waals surface area contributed by atoms with Crippen LogP contribution in [0.15, 0.2) is 18.2 Å². The van der Waals surface area contributed by atoms with Gasteiger partial charge in [0.15, 0.2) is 0 Å². The van der Waals surface area contributed by atoms with Gasteiger partial charge in [-0.3, -0.25) is 4.79 Å². The number of nitrogens with two attached hydrogens (primary N) is 1. The van der Waals surface area contributed by atoms with Crippen molar-refractivity contribution in [2.75, 3.05) is 23.3 Å². The van der Waals surface area contributed by atoms with Gasteiger partial charge in [0.25, 0.3) is 0 Å². The van der Waals surface area contributed by atoms with E-state index < -0.39 is 0 Å². The number of aromatic nitrogens is 2. The Hall–Kier alpha value is -2.11. The number of hydrogen-bond donors (Lipinski definition) is 2. The van der Waals surface area contributed by atoms with E-state index in [9.17, 15) is 4.79 Å². The number of allylic oxidation sites excluding steroid dienone is 1. The van der Waals surface area contributed by atoms with Crippen molar-refractivity contribution in [3.8, 4) is 0 Å². The first-order valence-corrected chi connectivity index (χ1v) is 8.51. The molecule has 0 bridgehead atoms. The summed E-state index contributed by atoms with van der Waals surface area (Å²) in [6.07, 6.45) is 8.86. The van der Waals surface area contributed by atoms with E-state index in [0.717, 1.165) is 43.4 Å². The van der Waals surface area contributed by atoms with Gasteiger partial charge in [-0.05, 0) is 32.1 Å². The first kappa shape index (κ1) is 15.8. The van der Waals surface area contributed by atoms with Gasteiger partial charge in [0.2, 0.25) is 11.9 Å². The molecule has 6 nitrogen and oxygen atoms in total. The molecule has 2 aliphatic rings. The van der Waals surface area contributed by atoms with Gasteiger partial charge in [0.05, 0.1) is 5.92 Å². The largest absolute Gasteiger partial charge is 0.369 e. The molecule has 23 heavy (non-hydrogen) atoms. The fraction of sp³-hybridized carbons (Fsp3) is 0.588. The standard InChI is InChI=1S/C17H25N5O/c1-2-12-11-15(21-17(19-12)22-9-5-6-10-22)20-14-8-4-3-7-13(14)16(18)23/h3-4,11,13-14H,2,5-10H2,1H3,(H2,18,23)(H,19,20,21)/t13-,14-/m1/s1. The molecule has 1 aliphatic carbocycles. The van der Waals surface area contributed by atoms with Crippen molar-refractivity contribution >= 4 is 17.7 Å². The quantitative estimate of drug-likeness (QED) is 0.810. The topological polar surface area (TPSA) is 84.1 Å². The molecular weight excluding hydrogens is 290 g/mol. The lowest BCUT2D eigenvalue weighted by Crippen LogP contribution is -2.39. The molecule has 6 heteroatoms. The molecule has 1 aromatic heterocycles. The third kappa shape index (κ3) is 3.63. The molecule has 1 aliphatic heterocycles. The molecule has 0 spiro atoms. The van der Waals surface area contributed by atoms with Gasteiger partial charge in [-0.15, -0.1) is 0 Å². The van der Waals surface area contributed by atoms with Crippen molar-refractivity contribution in [1.82, 2.24) is 9.97 Å². The molecule has 0 saturated carbocycles. The number of amides is 1. The summed E-state index contributed by atoms with van der Waals surface area (Å²) in [5.74, 6) is 1.16. The second-order valence-corrected chi connectivity index (χ2v) is 6.29. The summed E-state index contributed by atoms with van der Waals surface area (Å²) in [4.78, 5) is 23.2. The zero-order valence-electron chi connectivity index (χ0n) is 13.7. The lowest BCUT2D eigenvalue weighted by atomic mass is 9.88. The monoisotopic (exact) mass is 315 g/mol. The SMILES string of the molecule is CCc1cc(N[C@@H]2CC=CC[C@H]2C(N)=O)nc(N2CCCC2)n1. The number of anilines is 2. The Morgan fingerprint density at radius 1 is 1.30 bits per heavy atom. The van der Waals surface area contributed by atoms with E-state index in [4.69, 9.17) is 5.73 Å². The van der Waals surface area contributed by atoms with Gasteiger partial charge >= 0.3 is 0 Å². The van der Waals surface area contributed by atoms with Crippen LogP contribution >= 0.6 is 0 Å². The number of primary amides is 1. The molecular formula is C17H25N5O. The minimum absolute atomic E-state index is 0.00327. The van der Waals surface area contributed by atoms with Crippen LogP contribution in [0.25, 0.3) is 0 Å². The minimum atomic E-state index is -0.253. The zero-order chi connectivity index (χ0) is 16.2. The fourth-order valence-corrected chi connectivity index (χ4v) is 3.28. The molecule has 1 amide bonds. The van der Waals surface area contributed by atoms with Gasteiger partial charge in [0.1, 0.15) is 5.82 Å². The van der Waals surface area contributed by atoms with Gasteiger partial charge in [-0.1, -0.05) is 19.1 Å². The zero-order valence-corrected chi connectivity index (χ0v) is 13.7. The van der Waals surface area contributed by atoms with Crippen LogP contribution in [0.3, 0.4) is 0 Å². The van der Waals surface area contributed by atoms with Crippen molar-refractivity contribution in [2.24, 2.45) is 11.7 Å². The summed E-state index contributed by atoms with van der Waals surface area (Å²) in [7, 11) is 0. The van der Waals surface area contributed by atoms with E-state index in [2.05, 4.69) is 33.2 Å². The van der Waals surface area contributed by atoms with Crippen molar-refractivity contribution in [1.29, 1.82) is 0 Å². The number of hydrogen-bond acceptors (Lipinski definition) is 5. The van der Waals surface area contributed by atoms with Crippen LogP contribution in [0.4, 0.5) is 11.8 Å². The Labute approximate surface area is 137 Å². The fourth-order valence-electron chi connectivity index (χ4n) is 3.28. The van der Waals surface area contributed by atoms with Crippen molar-refractivity contribution in [2.45, 2.75) is 45.1 Å². The smallest absolute Gasteiger partial charge is 0.227 e. The number of carbonyl (C=O) groups is 1. The molecule has 0 radical (unpaired) electrons. The Bertz CT molecular complexity index is 595. The predicted molar refractivity (Wildman–Crippen MR) is 91.3 cm³/mol. The molecule has 2 heterocycles. The highest BCUT2D eigenvalue weighted by Gasteiger charge is 2.27. The van der Waals surface area contributed by atoms with E-state index in [1.807, 2.05) is 12.1 Å². The molecule has 1 fully saturated rings. The first-order chi connectivity index (χ1) is 11.2. The molecule has 0 unspecified atom stereocenters. The van der Waals surface area contributed by atoms with Gasteiger partial charge in [-0.25, -0.2) is 4.98 Å². The molecule has 0 aromatic carbocycles.